The van der Waals surface area contributed by atoms with Crippen molar-refractivity contribution in [2.45, 2.75) is 32.2 Å². The Hall–Kier alpha value is -2.11. The van der Waals surface area contributed by atoms with Gasteiger partial charge in [0.05, 0.1) is 31.8 Å². The summed E-state index contributed by atoms with van der Waals surface area (Å²) in [5.41, 5.74) is 0. The summed E-state index contributed by atoms with van der Waals surface area (Å²) in [6.45, 7) is 7.88. The van der Waals surface area contributed by atoms with E-state index in [1.54, 1.807) is 0 Å². The molecule has 4 heterocycles. The lowest BCUT2D eigenvalue weighted by Gasteiger charge is -2.41. The first-order valence-corrected chi connectivity index (χ1v) is 10.2. The predicted molar refractivity (Wildman–Crippen MR) is 101 cm³/mol. The van der Waals surface area contributed by atoms with Crippen LogP contribution in [0.15, 0.2) is 16.5 Å². The van der Waals surface area contributed by atoms with E-state index in [1.807, 2.05) is 24.0 Å². The molecule has 0 aromatic carbocycles. The summed E-state index contributed by atoms with van der Waals surface area (Å²) < 4.78 is 48.8. The van der Waals surface area contributed by atoms with Crippen LogP contribution in [0.5, 0.6) is 0 Å². The first-order chi connectivity index (χ1) is 14.6. The Morgan fingerprint density at radius 1 is 1.16 bits per heavy atom. The molecule has 8 nitrogen and oxygen atoms in total. The summed E-state index contributed by atoms with van der Waals surface area (Å²) in [4.78, 5) is 26.2. The average Bonchev–Trinajstić information content (AvgIpc) is 3.36. The third-order valence-corrected chi connectivity index (χ3v) is 5.73. The Morgan fingerprint density at radius 2 is 1.84 bits per heavy atom. The van der Waals surface area contributed by atoms with Gasteiger partial charge in [-0.25, -0.2) is 4.79 Å². The fraction of sp³-hybridized carbons (Fsp3) is 0.700. The number of carboxylic acid groups (broad SMARTS) is 1. The Kier molecular flexibility index (Phi) is 7.60. The van der Waals surface area contributed by atoms with Gasteiger partial charge >= 0.3 is 12.1 Å². The molecule has 0 spiro atoms. The summed E-state index contributed by atoms with van der Waals surface area (Å²) in [7, 11) is 0. The smallest absolute Gasteiger partial charge is 0.475 e. The van der Waals surface area contributed by atoms with Gasteiger partial charge in [-0.15, -0.1) is 0 Å². The van der Waals surface area contributed by atoms with Crippen molar-refractivity contribution in [3.8, 4) is 0 Å². The summed E-state index contributed by atoms with van der Waals surface area (Å²) in [6, 6.07) is 4.01. The highest BCUT2D eigenvalue weighted by Gasteiger charge is 2.45. The lowest BCUT2D eigenvalue weighted by molar-refractivity contribution is -0.192. The van der Waals surface area contributed by atoms with Crippen LogP contribution in [0.25, 0.3) is 0 Å². The number of nitrogens with zero attached hydrogens (tertiary/aromatic N) is 2. The number of carbonyl (C=O) groups excluding carboxylic acids is 1. The number of amides is 1. The molecule has 1 aromatic heterocycles. The van der Waals surface area contributed by atoms with Crippen molar-refractivity contribution in [2.75, 3.05) is 46.0 Å². The number of fused-ring (bicyclic) bond motifs is 1. The Morgan fingerprint density at radius 3 is 2.42 bits per heavy atom. The highest BCUT2D eigenvalue weighted by Crippen LogP contribution is 2.35. The molecule has 3 saturated heterocycles. The summed E-state index contributed by atoms with van der Waals surface area (Å²) >= 11 is 0. The maximum atomic E-state index is 13.1. The lowest BCUT2D eigenvalue weighted by atomic mass is 9.81. The number of ether oxygens (including phenoxy) is 2. The van der Waals surface area contributed by atoms with Crippen molar-refractivity contribution in [3.05, 3.63) is 23.7 Å². The summed E-state index contributed by atoms with van der Waals surface area (Å²) in [5.74, 6) is -0.207. The number of likely N-dealkylation sites (tertiary alicyclic amines) is 1. The maximum Gasteiger partial charge on any atom is 0.490 e. The summed E-state index contributed by atoms with van der Waals surface area (Å²) in [6.07, 6.45) is -3.91. The molecule has 4 rings (SSSR count). The van der Waals surface area contributed by atoms with E-state index in [0.29, 0.717) is 32.2 Å². The van der Waals surface area contributed by atoms with Gasteiger partial charge in [-0.1, -0.05) is 0 Å². The van der Waals surface area contributed by atoms with Crippen LogP contribution in [-0.4, -0.2) is 85.1 Å². The van der Waals surface area contributed by atoms with Gasteiger partial charge in [0.2, 0.25) is 5.91 Å². The van der Waals surface area contributed by atoms with Crippen molar-refractivity contribution < 1.29 is 41.8 Å². The number of morpholine rings is 1. The molecule has 1 N–H and O–H groups in total. The summed E-state index contributed by atoms with van der Waals surface area (Å²) in [5, 5.41) is 7.12. The minimum absolute atomic E-state index is 0.0282. The van der Waals surface area contributed by atoms with Crippen molar-refractivity contribution in [3.63, 3.8) is 0 Å². The molecule has 0 aliphatic carbocycles. The van der Waals surface area contributed by atoms with Crippen LogP contribution in [0, 0.1) is 18.8 Å². The zero-order valence-electron chi connectivity index (χ0n) is 17.3. The van der Waals surface area contributed by atoms with Crippen LogP contribution in [0.2, 0.25) is 0 Å². The standard InChI is InChI=1S/C18H26N2O4.C2HF3O2/c1-13-2-3-14(24-13)10-19-11-16(15-4-7-23-17(15)12-19)18(21)20-5-8-22-9-6-20;3-2(4,5)1(6)7/h2-3,15-17H,4-12H2,1H3;(H,6,7)/t15-,16+,17+;/m0./s1. The number of furan rings is 1. The van der Waals surface area contributed by atoms with E-state index >= 15 is 0 Å². The quantitative estimate of drug-likeness (QED) is 0.755. The number of carboxylic acids is 1. The number of hydrogen-bond donors (Lipinski definition) is 1. The molecular weight excluding hydrogens is 421 g/mol. The van der Waals surface area contributed by atoms with Gasteiger partial charge in [0.25, 0.3) is 0 Å². The molecule has 0 unspecified atom stereocenters. The number of aryl methyl sites for hydroxylation is 1. The van der Waals surface area contributed by atoms with Crippen molar-refractivity contribution in [1.29, 1.82) is 0 Å². The Labute approximate surface area is 177 Å². The van der Waals surface area contributed by atoms with E-state index in [9.17, 15) is 18.0 Å². The van der Waals surface area contributed by atoms with E-state index in [0.717, 1.165) is 44.2 Å². The molecule has 3 fully saturated rings. The first-order valence-electron chi connectivity index (χ1n) is 10.2. The largest absolute Gasteiger partial charge is 0.490 e. The molecule has 11 heteroatoms. The number of aliphatic carboxylic acids is 1. The van der Waals surface area contributed by atoms with Gasteiger partial charge in [0.15, 0.2) is 0 Å². The number of carbonyl (C=O) groups is 2. The third-order valence-electron chi connectivity index (χ3n) is 5.73. The molecule has 31 heavy (non-hydrogen) atoms. The SMILES string of the molecule is Cc1ccc(CN2C[C@H]3OCC[C@H]3[C@H](C(=O)N3CCOCC3)C2)o1.O=C(O)C(F)(F)F. The molecule has 174 valence electrons. The van der Waals surface area contributed by atoms with Crippen molar-refractivity contribution in [1.82, 2.24) is 9.80 Å². The molecule has 1 aromatic rings. The van der Waals surface area contributed by atoms with Crippen LogP contribution >= 0.6 is 0 Å². The van der Waals surface area contributed by atoms with Gasteiger partial charge < -0.3 is 23.9 Å². The van der Waals surface area contributed by atoms with Gasteiger partial charge in [-0.2, -0.15) is 13.2 Å². The highest BCUT2D eigenvalue weighted by atomic mass is 19.4. The number of hydrogen-bond acceptors (Lipinski definition) is 6. The number of alkyl halides is 3. The van der Waals surface area contributed by atoms with E-state index in [4.69, 9.17) is 23.8 Å². The van der Waals surface area contributed by atoms with E-state index in [2.05, 4.69) is 4.90 Å². The minimum Gasteiger partial charge on any atom is -0.475 e. The highest BCUT2D eigenvalue weighted by molar-refractivity contribution is 5.79. The van der Waals surface area contributed by atoms with E-state index in [1.165, 1.54) is 0 Å². The normalized spacial score (nSPS) is 26.7. The predicted octanol–water partition coefficient (Wildman–Crippen LogP) is 1.92. The molecule has 3 aliphatic rings. The zero-order valence-corrected chi connectivity index (χ0v) is 17.3. The second kappa shape index (κ2) is 10.0. The van der Waals surface area contributed by atoms with Gasteiger partial charge in [-0.3, -0.25) is 9.69 Å². The average molecular weight is 448 g/mol. The van der Waals surface area contributed by atoms with Crippen LogP contribution < -0.4 is 0 Å². The zero-order chi connectivity index (χ0) is 22.6. The van der Waals surface area contributed by atoms with Crippen molar-refractivity contribution in [2.24, 2.45) is 11.8 Å². The molecule has 0 bridgehead atoms. The number of halogens is 3. The topological polar surface area (TPSA) is 92.5 Å². The van der Waals surface area contributed by atoms with E-state index in [-0.39, 0.29) is 17.9 Å². The maximum absolute atomic E-state index is 13.1. The molecule has 3 atom stereocenters. The Balaban J connectivity index is 0.000000339. The van der Waals surface area contributed by atoms with Crippen LogP contribution in [0.3, 0.4) is 0 Å². The molecule has 0 radical (unpaired) electrons. The second-order valence-electron chi connectivity index (χ2n) is 7.92. The fourth-order valence-corrected chi connectivity index (χ4v) is 4.26. The van der Waals surface area contributed by atoms with Crippen molar-refractivity contribution >= 4 is 11.9 Å². The fourth-order valence-electron chi connectivity index (χ4n) is 4.26. The van der Waals surface area contributed by atoms with Gasteiger partial charge in [-0.05, 0) is 25.5 Å². The molecule has 1 amide bonds. The lowest BCUT2D eigenvalue weighted by Crippen LogP contribution is -2.54. The third kappa shape index (κ3) is 6.20. The number of piperidine rings is 1. The monoisotopic (exact) mass is 448 g/mol. The molecule has 0 saturated carbocycles. The van der Waals surface area contributed by atoms with E-state index < -0.39 is 12.1 Å². The Bertz CT molecular complexity index is 762. The minimum atomic E-state index is -5.08. The van der Waals surface area contributed by atoms with Crippen LogP contribution in [-0.2, 0) is 25.6 Å². The van der Waals surface area contributed by atoms with Crippen LogP contribution in [0.1, 0.15) is 17.9 Å². The van der Waals surface area contributed by atoms with Gasteiger partial charge in [0, 0.05) is 38.7 Å². The molecule has 3 aliphatic heterocycles. The number of rotatable bonds is 3. The first kappa shape index (κ1) is 23.6. The van der Waals surface area contributed by atoms with Crippen LogP contribution in [0.4, 0.5) is 13.2 Å². The second-order valence-corrected chi connectivity index (χ2v) is 7.92. The van der Waals surface area contributed by atoms with Gasteiger partial charge in [0.1, 0.15) is 11.5 Å². The molecular formula is C20H27F3N2O6.